The number of rotatable bonds is 1. The molecule has 0 saturated heterocycles. The summed E-state index contributed by atoms with van der Waals surface area (Å²) in [5.41, 5.74) is 1.23. The number of pyridine rings is 1. The molecule has 0 atom stereocenters. The van der Waals surface area contributed by atoms with Crippen LogP contribution in [0, 0.1) is 17.0 Å². The fourth-order valence-corrected chi connectivity index (χ4v) is 1.86. The number of fused-ring (bicyclic) bond motifs is 1. The quantitative estimate of drug-likeness (QED) is 0.588. The molecule has 1 aromatic heterocycles. The normalized spacial score (nSPS) is 10.5. The second-order valence-electron chi connectivity index (χ2n) is 3.17. The molecule has 15 heavy (non-hydrogen) atoms. The predicted molar refractivity (Wildman–Crippen MR) is 60.8 cm³/mol. The Kier molecular flexibility index (Phi) is 2.40. The average Bonchev–Trinajstić information content (AvgIpc) is 2.17. The molecule has 1 aromatic carbocycles. The summed E-state index contributed by atoms with van der Waals surface area (Å²) >= 11 is 3.34. The van der Waals surface area contributed by atoms with E-state index in [0.29, 0.717) is 5.52 Å². The molecule has 0 fully saturated rings. The minimum Gasteiger partial charge on any atom is -0.258 e. The van der Waals surface area contributed by atoms with Crippen molar-refractivity contribution < 1.29 is 4.92 Å². The smallest absolute Gasteiger partial charge is 0.258 e. The summed E-state index contributed by atoms with van der Waals surface area (Å²) in [5, 5.41) is 11.5. The van der Waals surface area contributed by atoms with Crippen LogP contribution in [0.15, 0.2) is 28.7 Å². The van der Waals surface area contributed by atoms with E-state index in [1.54, 1.807) is 6.07 Å². The summed E-state index contributed by atoms with van der Waals surface area (Å²) in [7, 11) is 0. The molecule has 0 aliphatic heterocycles. The first-order valence-electron chi connectivity index (χ1n) is 4.30. The fourth-order valence-electron chi connectivity index (χ4n) is 1.41. The molecule has 2 aromatic rings. The van der Waals surface area contributed by atoms with Crippen LogP contribution in [0.25, 0.3) is 10.9 Å². The van der Waals surface area contributed by atoms with Gasteiger partial charge in [0.15, 0.2) is 0 Å². The maximum Gasteiger partial charge on any atom is 0.295 e. The van der Waals surface area contributed by atoms with Crippen molar-refractivity contribution in [3.8, 4) is 0 Å². The van der Waals surface area contributed by atoms with Crippen LogP contribution in [0.2, 0.25) is 0 Å². The molecule has 0 N–H and O–H groups in total. The van der Waals surface area contributed by atoms with Crippen molar-refractivity contribution in [2.24, 2.45) is 0 Å². The number of non-ortho nitro benzene ring substituents is 1. The Hall–Kier alpha value is -1.49. The lowest BCUT2D eigenvalue weighted by Gasteiger charge is -2.01. The van der Waals surface area contributed by atoms with Gasteiger partial charge in [0.1, 0.15) is 5.52 Å². The van der Waals surface area contributed by atoms with Gasteiger partial charge in [-0.3, -0.25) is 10.1 Å². The number of nitro groups is 1. The highest BCUT2D eigenvalue weighted by Gasteiger charge is 2.14. The molecule has 0 amide bonds. The number of halogens is 1. The zero-order valence-electron chi connectivity index (χ0n) is 7.90. The minimum absolute atomic E-state index is 0.0388. The summed E-state index contributed by atoms with van der Waals surface area (Å²) in [6, 6.07) is 6.78. The second-order valence-corrected chi connectivity index (χ2v) is 4.03. The van der Waals surface area contributed by atoms with Gasteiger partial charge in [0, 0.05) is 21.6 Å². The molecule has 0 unspecified atom stereocenters. The Labute approximate surface area is 94.2 Å². The monoisotopic (exact) mass is 266 g/mol. The first-order chi connectivity index (χ1) is 7.09. The third-order valence-corrected chi connectivity index (χ3v) is 2.81. The third kappa shape index (κ3) is 1.70. The van der Waals surface area contributed by atoms with Crippen molar-refractivity contribution in [2.45, 2.75) is 6.92 Å². The van der Waals surface area contributed by atoms with E-state index in [1.165, 1.54) is 6.07 Å². The van der Waals surface area contributed by atoms with Crippen molar-refractivity contribution in [2.75, 3.05) is 0 Å². The van der Waals surface area contributed by atoms with E-state index in [1.807, 2.05) is 19.1 Å². The lowest BCUT2D eigenvalue weighted by atomic mass is 10.2. The summed E-state index contributed by atoms with van der Waals surface area (Å²) in [5.74, 6) is 0. The molecular formula is C10H7BrN2O2. The van der Waals surface area contributed by atoms with E-state index in [4.69, 9.17) is 0 Å². The van der Waals surface area contributed by atoms with Gasteiger partial charge in [-0.1, -0.05) is 15.9 Å². The lowest BCUT2D eigenvalue weighted by molar-refractivity contribution is -0.383. The number of hydrogen-bond acceptors (Lipinski definition) is 3. The van der Waals surface area contributed by atoms with Gasteiger partial charge in [-0.2, -0.15) is 0 Å². The van der Waals surface area contributed by atoms with Crippen LogP contribution >= 0.6 is 15.9 Å². The minimum atomic E-state index is -0.415. The largest absolute Gasteiger partial charge is 0.295 e. The van der Waals surface area contributed by atoms with Gasteiger partial charge in [-0.05, 0) is 25.1 Å². The molecule has 0 aliphatic carbocycles. The van der Waals surface area contributed by atoms with E-state index in [0.717, 1.165) is 15.6 Å². The fraction of sp³-hybridized carbons (Fsp3) is 0.100. The Bertz CT molecular complexity index is 554. The van der Waals surface area contributed by atoms with Crippen LogP contribution in [-0.2, 0) is 0 Å². The maximum atomic E-state index is 10.8. The number of nitrogens with zero attached hydrogens (tertiary/aromatic N) is 2. The molecule has 0 aliphatic rings. The van der Waals surface area contributed by atoms with Crippen molar-refractivity contribution in [3.63, 3.8) is 0 Å². The van der Waals surface area contributed by atoms with E-state index in [9.17, 15) is 10.1 Å². The molecule has 76 valence electrons. The van der Waals surface area contributed by atoms with Crippen molar-refractivity contribution >= 4 is 32.5 Å². The Morgan fingerprint density at radius 3 is 2.73 bits per heavy atom. The van der Waals surface area contributed by atoms with Crippen LogP contribution in [0.4, 0.5) is 5.69 Å². The molecule has 0 radical (unpaired) electrons. The standard InChI is InChI=1S/C10H7BrN2O2/c1-6-2-3-7-8(11)4-5-9(13(14)15)10(7)12-6/h2-5H,1H3. The highest BCUT2D eigenvalue weighted by molar-refractivity contribution is 9.10. The van der Waals surface area contributed by atoms with Gasteiger partial charge < -0.3 is 0 Å². The van der Waals surface area contributed by atoms with Crippen LogP contribution in [0.1, 0.15) is 5.69 Å². The number of aromatic nitrogens is 1. The first kappa shape index (κ1) is 10.0. The van der Waals surface area contributed by atoms with Gasteiger partial charge in [0.05, 0.1) is 4.92 Å². The first-order valence-corrected chi connectivity index (χ1v) is 5.09. The van der Waals surface area contributed by atoms with Crippen LogP contribution in [0.5, 0.6) is 0 Å². The summed E-state index contributed by atoms with van der Waals surface area (Å²) in [4.78, 5) is 14.6. The number of benzene rings is 1. The molecule has 0 bridgehead atoms. The molecular weight excluding hydrogens is 260 g/mol. The van der Waals surface area contributed by atoms with E-state index in [-0.39, 0.29) is 5.69 Å². The molecule has 4 nitrogen and oxygen atoms in total. The van der Waals surface area contributed by atoms with E-state index < -0.39 is 4.92 Å². The predicted octanol–water partition coefficient (Wildman–Crippen LogP) is 3.21. The van der Waals surface area contributed by atoms with Gasteiger partial charge in [-0.25, -0.2) is 4.98 Å². The maximum absolute atomic E-state index is 10.8. The number of nitro benzene ring substituents is 1. The Morgan fingerprint density at radius 1 is 1.33 bits per heavy atom. The second kappa shape index (κ2) is 3.58. The highest BCUT2D eigenvalue weighted by Crippen LogP contribution is 2.29. The van der Waals surface area contributed by atoms with Crippen molar-refractivity contribution in [1.82, 2.24) is 4.98 Å². The van der Waals surface area contributed by atoms with Crippen molar-refractivity contribution in [1.29, 1.82) is 0 Å². The Morgan fingerprint density at radius 2 is 2.07 bits per heavy atom. The Balaban J connectivity index is 2.90. The van der Waals surface area contributed by atoms with Crippen LogP contribution in [0.3, 0.4) is 0 Å². The van der Waals surface area contributed by atoms with Gasteiger partial charge in [0.25, 0.3) is 5.69 Å². The number of hydrogen-bond donors (Lipinski definition) is 0. The molecule has 1 heterocycles. The average molecular weight is 267 g/mol. The zero-order chi connectivity index (χ0) is 11.0. The van der Waals surface area contributed by atoms with Gasteiger partial charge >= 0.3 is 0 Å². The number of aryl methyl sites for hydroxylation is 1. The van der Waals surface area contributed by atoms with E-state index in [2.05, 4.69) is 20.9 Å². The van der Waals surface area contributed by atoms with Crippen molar-refractivity contribution in [3.05, 3.63) is 44.5 Å². The molecule has 2 rings (SSSR count). The van der Waals surface area contributed by atoms with Gasteiger partial charge in [-0.15, -0.1) is 0 Å². The summed E-state index contributed by atoms with van der Waals surface area (Å²) in [6.07, 6.45) is 0. The van der Waals surface area contributed by atoms with E-state index >= 15 is 0 Å². The lowest BCUT2D eigenvalue weighted by Crippen LogP contribution is -1.93. The summed E-state index contributed by atoms with van der Waals surface area (Å²) in [6.45, 7) is 1.81. The zero-order valence-corrected chi connectivity index (χ0v) is 9.48. The highest BCUT2D eigenvalue weighted by atomic mass is 79.9. The van der Waals surface area contributed by atoms with Gasteiger partial charge in [0.2, 0.25) is 0 Å². The molecule has 0 spiro atoms. The topological polar surface area (TPSA) is 56.0 Å². The molecule has 5 heteroatoms. The summed E-state index contributed by atoms with van der Waals surface area (Å²) < 4.78 is 0.815. The SMILES string of the molecule is Cc1ccc2c(Br)ccc([N+](=O)[O-])c2n1. The molecule has 0 saturated carbocycles. The third-order valence-electron chi connectivity index (χ3n) is 2.12. The van der Waals surface area contributed by atoms with Crippen LogP contribution < -0.4 is 0 Å². The van der Waals surface area contributed by atoms with Crippen LogP contribution in [-0.4, -0.2) is 9.91 Å².